The third-order valence-electron chi connectivity index (χ3n) is 5.36. The minimum absolute atomic E-state index is 0.203. The summed E-state index contributed by atoms with van der Waals surface area (Å²) in [6, 6.07) is 4.55. The second-order valence-corrected chi connectivity index (χ2v) is 8.28. The Hall–Kier alpha value is -3.05. The molecular formula is C21H24F2N4O5. The van der Waals surface area contributed by atoms with Crippen molar-refractivity contribution in [3.8, 4) is 0 Å². The van der Waals surface area contributed by atoms with Crippen LogP contribution in [0.15, 0.2) is 24.3 Å². The monoisotopic (exact) mass is 450 g/mol. The Kier molecular flexibility index (Phi) is 6.38. The summed E-state index contributed by atoms with van der Waals surface area (Å²) in [4.78, 5) is 24.3. The predicted molar refractivity (Wildman–Crippen MR) is 108 cm³/mol. The number of amides is 2. The molecule has 2 aliphatic rings. The van der Waals surface area contributed by atoms with Crippen molar-refractivity contribution >= 4 is 17.8 Å². The number of aromatic nitrogens is 2. The zero-order valence-corrected chi connectivity index (χ0v) is 17.5. The lowest BCUT2D eigenvalue weighted by molar-refractivity contribution is -0.115. The maximum atomic E-state index is 13.3. The van der Waals surface area contributed by atoms with Crippen molar-refractivity contribution in [2.75, 3.05) is 25.1 Å². The molecule has 0 spiro atoms. The normalized spacial score (nSPS) is 25.0. The van der Waals surface area contributed by atoms with Gasteiger partial charge in [-0.15, -0.1) is 0 Å². The van der Waals surface area contributed by atoms with Crippen molar-refractivity contribution in [3.05, 3.63) is 47.2 Å². The van der Waals surface area contributed by atoms with Crippen molar-refractivity contribution in [1.82, 2.24) is 15.5 Å². The largest absolute Gasteiger partial charge is 0.444 e. The summed E-state index contributed by atoms with van der Waals surface area (Å²) >= 11 is 0. The minimum atomic E-state index is -0.746. The molecule has 0 bridgehead atoms. The Balaban J connectivity index is 1.26. The third-order valence-corrected chi connectivity index (χ3v) is 5.36. The fourth-order valence-corrected chi connectivity index (χ4v) is 3.74. The number of benzene rings is 1. The van der Waals surface area contributed by atoms with Crippen molar-refractivity contribution in [1.29, 1.82) is 0 Å². The maximum absolute atomic E-state index is 13.3. The summed E-state index contributed by atoms with van der Waals surface area (Å²) in [6.45, 7) is 3.18. The predicted octanol–water partition coefficient (Wildman–Crippen LogP) is 2.60. The number of rotatable bonds is 6. The first-order valence-corrected chi connectivity index (χ1v) is 10.3. The van der Waals surface area contributed by atoms with Gasteiger partial charge in [-0.25, -0.2) is 13.6 Å². The van der Waals surface area contributed by atoms with Gasteiger partial charge in [-0.2, -0.15) is 5.10 Å². The Morgan fingerprint density at radius 3 is 2.78 bits per heavy atom. The van der Waals surface area contributed by atoms with Crippen molar-refractivity contribution in [2.45, 2.75) is 43.9 Å². The average molecular weight is 450 g/mol. The number of hydrogen-bond acceptors (Lipinski definition) is 6. The molecule has 2 saturated heterocycles. The van der Waals surface area contributed by atoms with Crippen LogP contribution in [-0.4, -0.2) is 53.7 Å². The summed E-state index contributed by atoms with van der Waals surface area (Å²) < 4.78 is 43.0. The van der Waals surface area contributed by atoms with Crippen LogP contribution in [0, 0.1) is 11.6 Å². The van der Waals surface area contributed by atoms with Crippen molar-refractivity contribution in [2.24, 2.45) is 0 Å². The van der Waals surface area contributed by atoms with Gasteiger partial charge in [0.1, 0.15) is 23.8 Å². The highest BCUT2D eigenvalue weighted by Gasteiger charge is 2.35. The number of H-pyrrole nitrogens is 1. The SMILES string of the molecule is C[C@@]1(NC(=O)O[C@H]2CO[C@@H](c3cc(NC(=O)Cc4cc(F)cc(F)c4)n[nH]3)C2)CCOC1. The van der Waals surface area contributed by atoms with E-state index in [4.69, 9.17) is 14.2 Å². The van der Waals surface area contributed by atoms with E-state index in [0.717, 1.165) is 24.6 Å². The van der Waals surface area contributed by atoms with Gasteiger partial charge >= 0.3 is 6.09 Å². The zero-order chi connectivity index (χ0) is 22.7. The number of alkyl carbamates (subject to hydrolysis) is 1. The Morgan fingerprint density at radius 2 is 2.06 bits per heavy atom. The molecule has 32 heavy (non-hydrogen) atoms. The van der Waals surface area contributed by atoms with Gasteiger partial charge in [0.2, 0.25) is 5.91 Å². The van der Waals surface area contributed by atoms with E-state index in [9.17, 15) is 18.4 Å². The number of carbonyl (C=O) groups excluding carboxylic acids is 2. The van der Waals surface area contributed by atoms with Crippen molar-refractivity contribution < 1.29 is 32.6 Å². The molecule has 4 rings (SSSR count). The molecule has 0 radical (unpaired) electrons. The molecule has 0 unspecified atom stereocenters. The molecule has 172 valence electrons. The van der Waals surface area contributed by atoms with E-state index in [1.807, 2.05) is 6.92 Å². The van der Waals surface area contributed by atoms with Gasteiger partial charge in [-0.05, 0) is 31.0 Å². The number of carbonyl (C=O) groups is 2. The van der Waals surface area contributed by atoms with E-state index in [-0.39, 0.29) is 30.5 Å². The number of halogens is 2. The molecular weight excluding hydrogens is 426 g/mol. The molecule has 2 fully saturated rings. The van der Waals surface area contributed by atoms with E-state index in [1.165, 1.54) is 0 Å². The van der Waals surface area contributed by atoms with Crippen LogP contribution >= 0.6 is 0 Å². The zero-order valence-electron chi connectivity index (χ0n) is 17.5. The molecule has 2 aromatic rings. The summed E-state index contributed by atoms with van der Waals surface area (Å²) in [7, 11) is 0. The Bertz CT molecular complexity index is 972. The highest BCUT2D eigenvalue weighted by molar-refractivity contribution is 5.91. The molecule has 11 heteroatoms. The fourth-order valence-electron chi connectivity index (χ4n) is 3.74. The summed E-state index contributed by atoms with van der Waals surface area (Å²) in [6.07, 6.45) is -0.366. The van der Waals surface area contributed by atoms with E-state index in [0.29, 0.717) is 25.3 Å². The molecule has 3 N–H and O–H groups in total. The van der Waals surface area contributed by atoms with Crippen molar-refractivity contribution in [3.63, 3.8) is 0 Å². The first kappa shape index (κ1) is 22.2. The van der Waals surface area contributed by atoms with Crippen LogP contribution in [0.4, 0.5) is 19.4 Å². The van der Waals surface area contributed by atoms with E-state index in [1.54, 1.807) is 6.07 Å². The molecule has 0 saturated carbocycles. The van der Waals surface area contributed by atoms with Gasteiger partial charge in [0, 0.05) is 25.2 Å². The first-order chi connectivity index (χ1) is 15.3. The van der Waals surface area contributed by atoms with E-state index >= 15 is 0 Å². The standard InChI is InChI=1S/C21H24F2N4O5/c1-21(2-3-30-11-21)25-20(29)32-15-8-17(31-10-15)16-9-18(27-26-16)24-19(28)6-12-4-13(22)7-14(23)5-12/h4-5,7,9,15,17H,2-3,6,8,10-11H2,1H3,(H,25,29)(H2,24,26,27,28)/t15-,17-,21-/m1/s1. The van der Waals surface area contributed by atoms with Gasteiger partial charge in [-0.3, -0.25) is 9.89 Å². The molecule has 1 aromatic carbocycles. The second kappa shape index (κ2) is 9.21. The smallest absolute Gasteiger partial charge is 0.407 e. The van der Waals surface area contributed by atoms with Crippen LogP contribution in [0.25, 0.3) is 0 Å². The number of nitrogens with one attached hydrogen (secondary N) is 3. The van der Waals surface area contributed by atoms with Crippen LogP contribution < -0.4 is 10.6 Å². The number of anilines is 1. The van der Waals surface area contributed by atoms with Gasteiger partial charge < -0.3 is 24.8 Å². The Labute approximate surface area is 182 Å². The number of ether oxygens (including phenoxy) is 3. The number of aromatic amines is 1. The molecule has 3 atom stereocenters. The van der Waals surface area contributed by atoms with Crippen LogP contribution in [0.1, 0.15) is 37.1 Å². The van der Waals surface area contributed by atoms with E-state index in [2.05, 4.69) is 20.8 Å². The minimum Gasteiger partial charge on any atom is -0.444 e. The van der Waals surface area contributed by atoms with Gasteiger partial charge in [0.25, 0.3) is 0 Å². The maximum Gasteiger partial charge on any atom is 0.407 e. The molecule has 9 nitrogen and oxygen atoms in total. The molecule has 3 heterocycles. The first-order valence-electron chi connectivity index (χ1n) is 10.3. The van der Waals surface area contributed by atoms with E-state index < -0.39 is 35.3 Å². The third kappa shape index (κ3) is 5.60. The topological polar surface area (TPSA) is 115 Å². The van der Waals surface area contributed by atoms with Gasteiger partial charge in [0.15, 0.2) is 5.82 Å². The molecule has 2 amide bonds. The lowest BCUT2D eigenvalue weighted by Gasteiger charge is -2.24. The lowest BCUT2D eigenvalue weighted by Crippen LogP contribution is -2.47. The lowest BCUT2D eigenvalue weighted by atomic mass is 10.0. The summed E-state index contributed by atoms with van der Waals surface area (Å²) in [5.74, 6) is -1.71. The Morgan fingerprint density at radius 1 is 1.28 bits per heavy atom. The summed E-state index contributed by atoms with van der Waals surface area (Å²) in [5, 5.41) is 12.2. The number of nitrogens with zero attached hydrogens (tertiary/aromatic N) is 1. The van der Waals surface area contributed by atoms with Crippen LogP contribution in [0.3, 0.4) is 0 Å². The summed E-state index contributed by atoms with van der Waals surface area (Å²) in [5.41, 5.74) is 0.398. The van der Waals surface area contributed by atoms with Crippen LogP contribution in [0.2, 0.25) is 0 Å². The molecule has 1 aromatic heterocycles. The highest BCUT2D eigenvalue weighted by Crippen LogP contribution is 2.30. The average Bonchev–Trinajstić information content (AvgIpc) is 3.42. The molecule has 0 aliphatic carbocycles. The number of hydrogen-bond donors (Lipinski definition) is 3. The quantitative estimate of drug-likeness (QED) is 0.623. The second-order valence-electron chi connectivity index (χ2n) is 8.28. The van der Waals surface area contributed by atoms with Crippen LogP contribution in [-0.2, 0) is 25.4 Å². The van der Waals surface area contributed by atoms with Gasteiger partial charge in [0.05, 0.1) is 30.9 Å². The van der Waals surface area contributed by atoms with Crippen LogP contribution in [0.5, 0.6) is 0 Å². The molecule has 2 aliphatic heterocycles. The fraction of sp³-hybridized carbons (Fsp3) is 0.476. The van der Waals surface area contributed by atoms with Gasteiger partial charge in [-0.1, -0.05) is 0 Å². The highest BCUT2D eigenvalue weighted by atomic mass is 19.1.